The predicted octanol–water partition coefficient (Wildman–Crippen LogP) is -0.217. The lowest BCUT2D eigenvalue weighted by Crippen LogP contribution is -2.33. The molecule has 1 aromatic rings. The second kappa shape index (κ2) is 4.02. The minimum Gasteiger partial charge on any atom is -0.423 e. The van der Waals surface area contributed by atoms with Crippen molar-refractivity contribution >= 4 is 41.5 Å². The number of hydrogen-bond donors (Lipinski definition) is 2. The lowest BCUT2D eigenvalue weighted by Gasteiger charge is -2.02. The maximum atomic E-state index is 10.4. The Morgan fingerprint density at radius 3 is 2.58 bits per heavy atom. The fraction of sp³-hybridized carbons (Fsp3) is 0. The Morgan fingerprint density at radius 1 is 1.42 bits per heavy atom. The first kappa shape index (κ1) is 9.69. The first-order valence-electron chi connectivity index (χ1n) is 3.26. The molecule has 0 spiro atoms. The monoisotopic (exact) mass is 276 g/mol. The third-order valence-electron chi connectivity index (χ3n) is 1.45. The molecule has 62 valence electrons. The molecule has 0 bridgehead atoms. The third kappa shape index (κ3) is 2.05. The fourth-order valence-electron chi connectivity index (χ4n) is 0.877. The van der Waals surface area contributed by atoms with Crippen LogP contribution in [0.25, 0.3) is 0 Å². The van der Waals surface area contributed by atoms with Gasteiger partial charge >= 0.3 is 7.12 Å². The molecule has 0 unspecified atom stereocenters. The molecule has 0 amide bonds. The number of halogens is 1. The highest BCUT2D eigenvalue weighted by Gasteiger charge is 2.15. The summed E-state index contributed by atoms with van der Waals surface area (Å²) in [6.45, 7) is 0. The van der Waals surface area contributed by atoms with Crippen molar-refractivity contribution in [1.82, 2.24) is 0 Å². The molecular formula is C7H6BIO3. The Labute approximate surface area is 83.7 Å². The van der Waals surface area contributed by atoms with Crippen LogP contribution in [0.5, 0.6) is 0 Å². The highest BCUT2D eigenvalue weighted by molar-refractivity contribution is 14.1. The lowest BCUT2D eigenvalue weighted by molar-refractivity contribution is 0.112. The Kier molecular flexibility index (Phi) is 3.24. The van der Waals surface area contributed by atoms with Gasteiger partial charge in [0.2, 0.25) is 0 Å². The third-order valence-corrected chi connectivity index (χ3v) is 2.12. The number of benzene rings is 1. The Morgan fingerprint density at radius 2 is 2.08 bits per heavy atom. The van der Waals surface area contributed by atoms with Gasteiger partial charge in [-0.2, -0.15) is 0 Å². The van der Waals surface area contributed by atoms with Gasteiger partial charge in [-0.1, -0.05) is 6.07 Å². The smallest absolute Gasteiger partial charge is 0.423 e. The summed E-state index contributed by atoms with van der Waals surface area (Å²) in [7, 11) is -1.58. The normalized spacial score (nSPS) is 9.58. The zero-order valence-corrected chi connectivity index (χ0v) is 8.22. The van der Waals surface area contributed by atoms with Crippen molar-refractivity contribution in [3.8, 4) is 0 Å². The van der Waals surface area contributed by atoms with Crippen LogP contribution in [-0.4, -0.2) is 23.5 Å². The Hall–Kier alpha value is -0.395. The molecule has 1 aromatic carbocycles. The molecule has 5 heteroatoms. The van der Waals surface area contributed by atoms with E-state index in [1.807, 2.05) is 22.6 Å². The number of rotatable bonds is 2. The van der Waals surface area contributed by atoms with Gasteiger partial charge in [0, 0.05) is 9.13 Å². The van der Waals surface area contributed by atoms with Crippen molar-refractivity contribution in [2.75, 3.05) is 0 Å². The summed E-state index contributed by atoms with van der Waals surface area (Å²) in [6, 6.07) is 4.86. The average Bonchev–Trinajstić information content (AvgIpc) is 2.04. The summed E-state index contributed by atoms with van der Waals surface area (Å²) in [4.78, 5) is 10.4. The number of carbonyl (C=O) groups is 1. The van der Waals surface area contributed by atoms with E-state index in [4.69, 9.17) is 10.0 Å². The second-order valence-electron chi connectivity index (χ2n) is 2.26. The van der Waals surface area contributed by atoms with E-state index in [9.17, 15) is 4.79 Å². The van der Waals surface area contributed by atoms with Crippen LogP contribution < -0.4 is 5.46 Å². The van der Waals surface area contributed by atoms with Gasteiger partial charge in [-0.3, -0.25) is 4.79 Å². The zero-order chi connectivity index (χ0) is 9.14. The molecular weight excluding hydrogens is 270 g/mol. The minimum absolute atomic E-state index is 0.247. The van der Waals surface area contributed by atoms with Crippen LogP contribution >= 0.6 is 22.6 Å². The van der Waals surface area contributed by atoms with Gasteiger partial charge in [-0.05, 0) is 40.2 Å². The standard InChI is InChI=1S/C7H6BIO3/c9-6-2-1-5(4-10)7(3-6)8(11)12/h1-4,11-12H. The second-order valence-corrected chi connectivity index (χ2v) is 3.51. The van der Waals surface area contributed by atoms with E-state index in [1.54, 1.807) is 18.2 Å². The molecule has 0 aliphatic heterocycles. The summed E-state index contributed by atoms with van der Waals surface area (Å²) in [5.74, 6) is 0. The maximum absolute atomic E-state index is 10.4. The van der Waals surface area contributed by atoms with Crippen molar-refractivity contribution < 1.29 is 14.8 Å². The molecule has 0 atom stereocenters. The summed E-state index contributed by atoms with van der Waals surface area (Å²) in [5, 5.41) is 17.7. The SMILES string of the molecule is O=Cc1ccc(I)cc1B(O)O. The fourth-order valence-corrected chi connectivity index (χ4v) is 1.39. The van der Waals surface area contributed by atoms with E-state index in [0.717, 1.165) is 3.57 Å². The highest BCUT2D eigenvalue weighted by atomic mass is 127. The summed E-state index contributed by atoms with van der Waals surface area (Å²) >= 11 is 2.03. The summed E-state index contributed by atoms with van der Waals surface area (Å²) < 4.78 is 0.862. The van der Waals surface area contributed by atoms with Gasteiger partial charge in [-0.25, -0.2) is 0 Å². The first-order chi connectivity index (χ1) is 5.65. The minimum atomic E-state index is -1.58. The van der Waals surface area contributed by atoms with E-state index >= 15 is 0 Å². The van der Waals surface area contributed by atoms with E-state index in [1.165, 1.54) is 0 Å². The van der Waals surface area contributed by atoms with Crippen molar-refractivity contribution in [3.05, 3.63) is 27.3 Å². The molecule has 0 aromatic heterocycles. The van der Waals surface area contributed by atoms with Crippen LogP contribution in [0, 0.1) is 3.57 Å². The molecule has 0 aliphatic carbocycles. The van der Waals surface area contributed by atoms with Gasteiger partial charge in [0.15, 0.2) is 0 Å². The summed E-state index contributed by atoms with van der Waals surface area (Å²) in [5.41, 5.74) is 0.558. The molecule has 2 N–H and O–H groups in total. The molecule has 0 saturated carbocycles. The van der Waals surface area contributed by atoms with Crippen molar-refractivity contribution in [2.45, 2.75) is 0 Å². The molecule has 0 saturated heterocycles. The largest absolute Gasteiger partial charge is 0.489 e. The molecule has 0 radical (unpaired) electrons. The molecule has 0 heterocycles. The van der Waals surface area contributed by atoms with Gasteiger partial charge < -0.3 is 10.0 Å². The molecule has 0 fully saturated rings. The van der Waals surface area contributed by atoms with Crippen LogP contribution in [0.2, 0.25) is 0 Å². The van der Waals surface area contributed by atoms with Gasteiger partial charge in [0.25, 0.3) is 0 Å². The molecule has 12 heavy (non-hydrogen) atoms. The number of aldehydes is 1. The van der Waals surface area contributed by atoms with Crippen molar-refractivity contribution in [1.29, 1.82) is 0 Å². The van der Waals surface area contributed by atoms with Crippen molar-refractivity contribution in [2.24, 2.45) is 0 Å². The van der Waals surface area contributed by atoms with Crippen LogP contribution in [0.3, 0.4) is 0 Å². The van der Waals surface area contributed by atoms with Gasteiger partial charge in [0.05, 0.1) is 0 Å². The van der Waals surface area contributed by atoms with Crippen LogP contribution in [-0.2, 0) is 0 Å². The zero-order valence-electron chi connectivity index (χ0n) is 6.07. The van der Waals surface area contributed by atoms with Crippen LogP contribution in [0.4, 0.5) is 0 Å². The molecule has 1 rings (SSSR count). The van der Waals surface area contributed by atoms with E-state index in [-0.39, 0.29) is 5.46 Å². The van der Waals surface area contributed by atoms with E-state index in [2.05, 4.69) is 0 Å². The van der Waals surface area contributed by atoms with Crippen LogP contribution in [0.1, 0.15) is 10.4 Å². The van der Waals surface area contributed by atoms with Crippen molar-refractivity contribution in [3.63, 3.8) is 0 Å². The Bertz CT molecular complexity index is 301. The van der Waals surface area contributed by atoms with E-state index < -0.39 is 7.12 Å². The average molecular weight is 276 g/mol. The first-order valence-corrected chi connectivity index (χ1v) is 4.34. The quantitative estimate of drug-likeness (QED) is 0.446. The summed E-state index contributed by atoms with van der Waals surface area (Å²) in [6.07, 6.45) is 0.602. The molecule has 0 aliphatic rings. The lowest BCUT2D eigenvalue weighted by atomic mass is 9.77. The number of carbonyl (C=O) groups excluding carboxylic acids is 1. The van der Waals surface area contributed by atoms with Crippen LogP contribution in [0.15, 0.2) is 18.2 Å². The number of hydrogen-bond acceptors (Lipinski definition) is 3. The predicted molar refractivity (Wildman–Crippen MR) is 54.4 cm³/mol. The topological polar surface area (TPSA) is 57.5 Å². The van der Waals surface area contributed by atoms with Gasteiger partial charge in [-0.15, -0.1) is 0 Å². The molecule has 3 nitrogen and oxygen atoms in total. The van der Waals surface area contributed by atoms with E-state index in [0.29, 0.717) is 11.8 Å². The maximum Gasteiger partial charge on any atom is 0.489 e. The highest BCUT2D eigenvalue weighted by Crippen LogP contribution is 2.03. The van der Waals surface area contributed by atoms with Gasteiger partial charge in [0.1, 0.15) is 6.29 Å². The Balaban J connectivity index is 3.21.